The number of methoxy groups -OCH3 is 1. The number of carboxylic acid groups (broad SMARTS) is 1. The highest BCUT2D eigenvalue weighted by Crippen LogP contribution is 2.37. The summed E-state index contributed by atoms with van der Waals surface area (Å²) in [5.74, 6) is -2.02. The molecule has 1 fully saturated rings. The Morgan fingerprint density at radius 2 is 2.00 bits per heavy atom. The Morgan fingerprint density at radius 1 is 1.32 bits per heavy atom. The molecule has 1 N–H and O–H groups in total. The van der Waals surface area contributed by atoms with Gasteiger partial charge in [0.15, 0.2) is 6.79 Å². The molecule has 156 valence electrons. The summed E-state index contributed by atoms with van der Waals surface area (Å²) in [5, 5.41) is 9.77. The van der Waals surface area contributed by atoms with Crippen molar-refractivity contribution in [2.75, 3.05) is 27.0 Å². The lowest BCUT2D eigenvalue weighted by Gasteiger charge is -2.37. The molecule has 2 atom stereocenters. The van der Waals surface area contributed by atoms with Crippen LogP contribution in [-0.4, -0.2) is 59.2 Å². The van der Waals surface area contributed by atoms with Crippen molar-refractivity contribution in [1.82, 2.24) is 9.47 Å². The zero-order valence-corrected chi connectivity index (χ0v) is 16.9. The number of carbonyl (C=O) groups excluding carboxylic acids is 1. The molecular formula is C19H28N2O7. The minimum Gasteiger partial charge on any atom is -0.481 e. The maximum Gasteiger partial charge on any atom is 0.410 e. The van der Waals surface area contributed by atoms with Crippen LogP contribution in [0, 0.1) is 5.92 Å². The summed E-state index contributed by atoms with van der Waals surface area (Å²) in [6.07, 6.45) is 1.35. The second-order valence-electron chi connectivity index (χ2n) is 7.86. The summed E-state index contributed by atoms with van der Waals surface area (Å²) in [6, 6.07) is 1.40. The number of hydrogen-bond donors (Lipinski definition) is 1. The third-order valence-corrected chi connectivity index (χ3v) is 4.54. The molecule has 0 radical (unpaired) electrons. The van der Waals surface area contributed by atoms with Gasteiger partial charge in [0.2, 0.25) is 0 Å². The molecule has 1 aliphatic rings. The number of pyridine rings is 1. The molecule has 0 unspecified atom stereocenters. The van der Waals surface area contributed by atoms with Gasteiger partial charge in [-0.15, -0.1) is 0 Å². The first kappa shape index (κ1) is 21.7. The van der Waals surface area contributed by atoms with Crippen LogP contribution in [0.4, 0.5) is 4.79 Å². The Bertz CT molecular complexity index is 781. The number of carboxylic acids is 1. The van der Waals surface area contributed by atoms with Gasteiger partial charge < -0.3 is 28.8 Å². The summed E-state index contributed by atoms with van der Waals surface area (Å²) >= 11 is 0. The minimum absolute atomic E-state index is 0.00611. The van der Waals surface area contributed by atoms with Gasteiger partial charge in [0, 0.05) is 51.0 Å². The van der Waals surface area contributed by atoms with Crippen LogP contribution in [0.15, 0.2) is 17.1 Å². The van der Waals surface area contributed by atoms with E-state index in [2.05, 4.69) is 0 Å². The molecule has 9 heteroatoms. The van der Waals surface area contributed by atoms with E-state index in [1.807, 2.05) is 0 Å². The molecule has 0 aromatic carbocycles. The van der Waals surface area contributed by atoms with Gasteiger partial charge in [-0.1, -0.05) is 0 Å². The first-order valence-electron chi connectivity index (χ1n) is 9.06. The summed E-state index contributed by atoms with van der Waals surface area (Å²) in [4.78, 5) is 37.8. The number of hydrogen-bond acceptors (Lipinski definition) is 6. The van der Waals surface area contributed by atoms with E-state index in [4.69, 9.17) is 14.2 Å². The number of rotatable bonds is 5. The van der Waals surface area contributed by atoms with Crippen LogP contribution in [0.1, 0.15) is 38.7 Å². The number of aromatic nitrogens is 1. The van der Waals surface area contributed by atoms with Crippen molar-refractivity contribution >= 4 is 12.1 Å². The summed E-state index contributed by atoms with van der Waals surface area (Å²) in [5.41, 5.74) is -0.422. The van der Waals surface area contributed by atoms with Gasteiger partial charge in [0.25, 0.3) is 5.56 Å². The van der Waals surface area contributed by atoms with Crippen molar-refractivity contribution in [3.8, 4) is 5.75 Å². The first-order chi connectivity index (χ1) is 13.0. The van der Waals surface area contributed by atoms with Crippen molar-refractivity contribution in [3.63, 3.8) is 0 Å². The number of ether oxygens (including phenoxy) is 3. The molecule has 0 aliphatic carbocycles. The van der Waals surface area contributed by atoms with E-state index >= 15 is 0 Å². The quantitative estimate of drug-likeness (QED) is 0.756. The summed E-state index contributed by atoms with van der Waals surface area (Å²) in [7, 11) is 3.06. The van der Waals surface area contributed by atoms with Crippen LogP contribution in [0.5, 0.6) is 5.75 Å². The molecule has 0 bridgehead atoms. The average molecular weight is 396 g/mol. The number of aryl methyl sites for hydroxylation is 1. The highest BCUT2D eigenvalue weighted by Gasteiger charge is 2.39. The highest BCUT2D eigenvalue weighted by atomic mass is 16.7. The van der Waals surface area contributed by atoms with Crippen molar-refractivity contribution < 1.29 is 28.9 Å². The maximum absolute atomic E-state index is 12.3. The van der Waals surface area contributed by atoms with E-state index in [0.717, 1.165) is 0 Å². The van der Waals surface area contributed by atoms with E-state index in [1.165, 1.54) is 28.8 Å². The van der Waals surface area contributed by atoms with Crippen LogP contribution in [0.3, 0.4) is 0 Å². The largest absolute Gasteiger partial charge is 0.481 e. The van der Waals surface area contributed by atoms with E-state index in [1.54, 1.807) is 27.8 Å². The van der Waals surface area contributed by atoms with E-state index < -0.39 is 29.5 Å². The Hall–Kier alpha value is -2.55. The zero-order valence-electron chi connectivity index (χ0n) is 16.9. The standard InChI is InChI=1S/C19H28N2O7/c1-19(2,3)28-18(25)21-7-6-12(14(9-21)17(23)24)13-8-16(22)20(4)10-15(13)27-11-26-5/h8,10,12,14H,6-7,9,11H2,1-5H3,(H,23,24)/t12-,14+/m0/s1. The molecule has 2 rings (SSSR count). The Balaban J connectivity index is 2.31. The lowest BCUT2D eigenvalue weighted by Crippen LogP contribution is -2.47. The van der Waals surface area contributed by atoms with Crippen molar-refractivity contribution in [3.05, 3.63) is 28.2 Å². The molecule has 1 saturated heterocycles. The maximum atomic E-state index is 12.3. The summed E-state index contributed by atoms with van der Waals surface area (Å²) in [6.45, 7) is 5.55. The smallest absolute Gasteiger partial charge is 0.410 e. The van der Waals surface area contributed by atoms with E-state index in [9.17, 15) is 19.5 Å². The number of nitrogens with zero attached hydrogens (tertiary/aromatic N) is 2. The average Bonchev–Trinajstić information content (AvgIpc) is 2.60. The van der Waals surface area contributed by atoms with Crippen LogP contribution in [0.25, 0.3) is 0 Å². The lowest BCUT2D eigenvalue weighted by molar-refractivity contribution is -0.144. The molecule has 28 heavy (non-hydrogen) atoms. The number of aliphatic carboxylic acids is 1. The van der Waals surface area contributed by atoms with Crippen LogP contribution in [-0.2, 0) is 21.3 Å². The predicted molar refractivity (Wildman–Crippen MR) is 100 cm³/mol. The fourth-order valence-corrected chi connectivity index (χ4v) is 3.22. The number of piperidine rings is 1. The van der Waals surface area contributed by atoms with Crippen LogP contribution < -0.4 is 10.3 Å². The van der Waals surface area contributed by atoms with Gasteiger partial charge in [-0.3, -0.25) is 9.59 Å². The fourth-order valence-electron chi connectivity index (χ4n) is 3.22. The predicted octanol–water partition coefficient (Wildman–Crippen LogP) is 1.79. The Morgan fingerprint density at radius 3 is 2.57 bits per heavy atom. The number of amides is 1. The monoisotopic (exact) mass is 396 g/mol. The Labute approximate surface area is 163 Å². The van der Waals surface area contributed by atoms with Crippen molar-refractivity contribution in [2.24, 2.45) is 13.0 Å². The number of carbonyl (C=O) groups is 2. The third-order valence-electron chi connectivity index (χ3n) is 4.54. The second kappa shape index (κ2) is 8.64. The molecule has 9 nitrogen and oxygen atoms in total. The Kier molecular flexibility index (Phi) is 6.71. The first-order valence-corrected chi connectivity index (χ1v) is 9.06. The molecule has 0 saturated carbocycles. The molecular weight excluding hydrogens is 368 g/mol. The van der Waals surface area contributed by atoms with E-state index in [-0.39, 0.29) is 18.9 Å². The van der Waals surface area contributed by atoms with Gasteiger partial charge >= 0.3 is 12.1 Å². The van der Waals surface area contributed by atoms with Crippen LogP contribution >= 0.6 is 0 Å². The van der Waals surface area contributed by atoms with Crippen molar-refractivity contribution in [1.29, 1.82) is 0 Å². The fraction of sp³-hybridized carbons (Fsp3) is 0.632. The zero-order chi connectivity index (χ0) is 21.1. The molecule has 1 aromatic heterocycles. The normalized spacial score (nSPS) is 20.0. The topological polar surface area (TPSA) is 107 Å². The molecule has 0 spiro atoms. The second-order valence-corrected chi connectivity index (χ2v) is 7.86. The minimum atomic E-state index is -1.04. The van der Waals surface area contributed by atoms with E-state index in [0.29, 0.717) is 24.3 Å². The highest BCUT2D eigenvalue weighted by molar-refractivity contribution is 5.75. The SMILES string of the molecule is COCOc1cn(C)c(=O)cc1[C@@H]1CCN(C(=O)OC(C)(C)C)C[C@H]1C(=O)O. The third kappa shape index (κ3) is 5.25. The number of likely N-dealkylation sites (tertiary alicyclic amines) is 1. The van der Waals surface area contributed by atoms with Crippen molar-refractivity contribution in [2.45, 2.75) is 38.7 Å². The summed E-state index contributed by atoms with van der Waals surface area (Å²) < 4.78 is 17.2. The van der Waals surface area contributed by atoms with Gasteiger partial charge in [0.05, 0.1) is 5.92 Å². The van der Waals surface area contributed by atoms with Crippen LogP contribution in [0.2, 0.25) is 0 Å². The lowest BCUT2D eigenvalue weighted by atomic mass is 9.80. The molecule has 1 amide bonds. The molecule has 1 aliphatic heterocycles. The van der Waals surface area contributed by atoms with Gasteiger partial charge in [-0.2, -0.15) is 0 Å². The molecule has 2 heterocycles. The van der Waals surface area contributed by atoms with Gasteiger partial charge in [-0.25, -0.2) is 4.79 Å². The molecule has 1 aromatic rings. The van der Waals surface area contributed by atoms with Gasteiger partial charge in [0.1, 0.15) is 11.4 Å². The van der Waals surface area contributed by atoms with Gasteiger partial charge in [-0.05, 0) is 27.2 Å².